The van der Waals surface area contributed by atoms with E-state index in [2.05, 4.69) is 15.5 Å². The number of carbonyl (C=O) groups is 1. The van der Waals surface area contributed by atoms with Crippen LogP contribution in [0.4, 0.5) is 0 Å². The Morgan fingerprint density at radius 3 is 3.00 bits per heavy atom. The van der Waals surface area contributed by atoms with E-state index in [0.29, 0.717) is 47.6 Å². The van der Waals surface area contributed by atoms with Crippen LogP contribution >= 0.6 is 11.8 Å². The highest BCUT2D eigenvalue weighted by molar-refractivity contribution is 8.16. The number of ether oxygens (including phenoxy) is 1. The number of nitrogens with one attached hydrogen (secondary N) is 1. The zero-order valence-corrected chi connectivity index (χ0v) is 17.8. The van der Waals surface area contributed by atoms with Gasteiger partial charge < -0.3 is 25.0 Å². The lowest BCUT2D eigenvalue weighted by Crippen LogP contribution is -2.37. The Balaban J connectivity index is 2.06. The Morgan fingerprint density at radius 2 is 2.31 bits per heavy atom. The number of nitrogens with two attached hydrogens (primary N) is 1. The third-order valence-electron chi connectivity index (χ3n) is 4.14. The second-order valence-corrected chi connectivity index (χ2v) is 7.49. The van der Waals surface area contributed by atoms with E-state index in [1.165, 1.54) is 24.9 Å². The first-order chi connectivity index (χ1) is 14.0. The standard InChI is InChI=1S/C19H28N4O5S/c1-4-6-14(16-9-13(26-3)10-17(24)28-16)21-18(25)15-11-29-19(22-15)12(2)23-27-8-5-7-20/h9-10,14-15H,4-8,11,20H2,1-3H3,(H,21,25)/b23-12+. The van der Waals surface area contributed by atoms with Crippen molar-refractivity contribution in [2.75, 3.05) is 26.0 Å². The fraction of sp³-hybridized carbons (Fsp3) is 0.579. The summed E-state index contributed by atoms with van der Waals surface area (Å²) < 4.78 is 10.4. The zero-order chi connectivity index (χ0) is 21.2. The van der Waals surface area contributed by atoms with Crippen molar-refractivity contribution in [1.82, 2.24) is 5.32 Å². The van der Waals surface area contributed by atoms with Gasteiger partial charge in [0.1, 0.15) is 34.9 Å². The highest BCUT2D eigenvalue weighted by Crippen LogP contribution is 2.24. The van der Waals surface area contributed by atoms with Crippen molar-refractivity contribution >= 4 is 28.4 Å². The number of nitrogens with zero attached hydrogens (tertiary/aromatic N) is 2. The molecule has 3 N–H and O–H groups in total. The quantitative estimate of drug-likeness (QED) is 0.315. The second kappa shape index (κ2) is 11.6. The molecule has 2 heterocycles. The van der Waals surface area contributed by atoms with Gasteiger partial charge in [-0.25, -0.2) is 4.79 Å². The van der Waals surface area contributed by atoms with Crippen LogP contribution in [0.5, 0.6) is 5.75 Å². The van der Waals surface area contributed by atoms with Gasteiger partial charge in [0.25, 0.3) is 0 Å². The average molecular weight is 425 g/mol. The van der Waals surface area contributed by atoms with Gasteiger partial charge in [-0.15, -0.1) is 11.8 Å². The number of hydrogen-bond acceptors (Lipinski definition) is 9. The van der Waals surface area contributed by atoms with Crippen LogP contribution < -0.4 is 21.4 Å². The molecule has 0 spiro atoms. The van der Waals surface area contributed by atoms with Crippen LogP contribution in [0.2, 0.25) is 0 Å². The minimum absolute atomic E-state index is 0.228. The molecule has 1 aliphatic heterocycles. The van der Waals surface area contributed by atoms with Gasteiger partial charge in [-0.05, 0) is 26.3 Å². The van der Waals surface area contributed by atoms with E-state index in [0.717, 1.165) is 12.8 Å². The molecule has 1 aromatic heterocycles. The number of methoxy groups -OCH3 is 1. The Bertz CT molecular complexity index is 808. The minimum Gasteiger partial charge on any atom is -0.496 e. The van der Waals surface area contributed by atoms with Gasteiger partial charge in [0.2, 0.25) is 5.91 Å². The van der Waals surface area contributed by atoms with Gasteiger partial charge >= 0.3 is 5.63 Å². The summed E-state index contributed by atoms with van der Waals surface area (Å²) in [6.07, 6.45) is 2.14. The molecule has 2 atom stereocenters. The molecule has 9 nitrogen and oxygen atoms in total. The van der Waals surface area contributed by atoms with Crippen molar-refractivity contribution in [2.24, 2.45) is 15.9 Å². The fourth-order valence-corrected chi connectivity index (χ4v) is 3.63. The summed E-state index contributed by atoms with van der Waals surface area (Å²) in [5, 5.41) is 7.64. The molecule has 10 heteroatoms. The average Bonchev–Trinajstić information content (AvgIpc) is 3.20. The van der Waals surface area contributed by atoms with Crippen molar-refractivity contribution in [3.8, 4) is 5.75 Å². The first-order valence-electron chi connectivity index (χ1n) is 9.55. The van der Waals surface area contributed by atoms with Gasteiger partial charge in [0.15, 0.2) is 0 Å². The third-order valence-corrected chi connectivity index (χ3v) is 5.30. The van der Waals surface area contributed by atoms with Crippen LogP contribution in [0.25, 0.3) is 0 Å². The number of oxime groups is 1. The number of hydrogen-bond donors (Lipinski definition) is 2. The summed E-state index contributed by atoms with van der Waals surface area (Å²) in [6, 6.07) is 1.90. The first-order valence-corrected chi connectivity index (χ1v) is 10.5. The molecule has 0 bridgehead atoms. The SMILES string of the molecule is CCCC(NC(=O)C1CSC(/C(C)=N/OCCCN)=N1)c1cc(OC)cc(=O)o1. The molecule has 1 aliphatic rings. The first kappa shape index (κ1) is 23.0. The van der Waals surface area contributed by atoms with Gasteiger partial charge in [0, 0.05) is 11.8 Å². The molecule has 2 unspecified atom stereocenters. The van der Waals surface area contributed by atoms with E-state index in [4.69, 9.17) is 19.7 Å². The monoisotopic (exact) mass is 424 g/mol. The molecule has 1 aromatic rings. The largest absolute Gasteiger partial charge is 0.496 e. The maximum Gasteiger partial charge on any atom is 0.339 e. The van der Waals surface area contributed by atoms with E-state index >= 15 is 0 Å². The molecule has 0 saturated heterocycles. The van der Waals surface area contributed by atoms with E-state index in [1.807, 2.05) is 6.92 Å². The normalized spacial score (nSPS) is 17.6. The maximum absolute atomic E-state index is 12.7. The lowest BCUT2D eigenvalue weighted by Gasteiger charge is -2.18. The smallest absolute Gasteiger partial charge is 0.339 e. The van der Waals surface area contributed by atoms with Crippen LogP contribution in [0, 0.1) is 0 Å². The van der Waals surface area contributed by atoms with Crippen molar-refractivity contribution in [3.63, 3.8) is 0 Å². The number of amides is 1. The summed E-state index contributed by atoms with van der Waals surface area (Å²) in [6.45, 7) is 4.77. The molecule has 160 valence electrons. The minimum atomic E-state index is -0.541. The molecular weight excluding hydrogens is 396 g/mol. The van der Waals surface area contributed by atoms with E-state index in [9.17, 15) is 9.59 Å². The van der Waals surface area contributed by atoms with E-state index < -0.39 is 17.7 Å². The van der Waals surface area contributed by atoms with E-state index in [-0.39, 0.29) is 5.91 Å². The lowest BCUT2D eigenvalue weighted by atomic mass is 10.1. The van der Waals surface area contributed by atoms with Crippen LogP contribution in [-0.4, -0.2) is 48.7 Å². The van der Waals surface area contributed by atoms with Crippen molar-refractivity contribution in [1.29, 1.82) is 0 Å². The van der Waals surface area contributed by atoms with Crippen LogP contribution in [0.15, 0.2) is 31.5 Å². The summed E-state index contributed by atoms with van der Waals surface area (Å²) >= 11 is 1.46. The van der Waals surface area contributed by atoms with Crippen LogP contribution in [-0.2, 0) is 9.63 Å². The molecule has 0 aromatic carbocycles. The maximum atomic E-state index is 12.7. The molecule has 0 saturated carbocycles. The Hall–Kier alpha value is -2.33. The Labute approximate surface area is 174 Å². The van der Waals surface area contributed by atoms with Gasteiger partial charge in [-0.2, -0.15) is 0 Å². The zero-order valence-electron chi connectivity index (χ0n) is 17.0. The molecule has 0 fully saturated rings. The predicted molar refractivity (Wildman–Crippen MR) is 114 cm³/mol. The highest BCUT2D eigenvalue weighted by atomic mass is 32.2. The number of carbonyl (C=O) groups excluding carboxylic acids is 1. The van der Waals surface area contributed by atoms with Gasteiger partial charge in [-0.1, -0.05) is 18.5 Å². The summed E-state index contributed by atoms with van der Waals surface area (Å²) in [7, 11) is 1.47. The predicted octanol–water partition coefficient (Wildman–Crippen LogP) is 1.86. The number of thioether (sulfide) groups is 1. The molecule has 29 heavy (non-hydrogen) atoms. The molecule has 0 radical (unpaired) electrons. The number of aliphatic imine (C=N–C) groups is 1. The molecule has 0 aliphatic carbocycles. The number of rotatable bonds is 11. The summed E-state index contributed by atoms with van der Waals surface area (Å²) in [5.74, 6) is 1.04. The van der Waals surface area contributed by atoms with Crippen molar-refractivity contribution in [2.45, 2.75) is 45.2 Å². The molecule has 2 rings (SSSR count). The third kappa shape index (κ3) is 6.90. The molecular formula is C19H28N4O5S. The Morgan fingerprint density at radius 1 is 1.52 bits per heavy atom. The van der Waals surface area contributed by atoms with Crippen LogP contribution in [0.3, 0.4) is 0 Å². The van der Waals surface area contributed by atoms with Crippen molar-refractivity contribution < 1.29 is 18.8 Å². The second-order valence-electron chi connectivity index (χ2n) is 6.48. The highest BCUT2D eigenvalue weighted by Gasteiger charge is 2.29. The summed E-state index contributed by atoms with van der Waals surface area (Å²) in [5.41, 5.74) is 5.53. The fourth-order valence-electron chi connectivity index (χ4n) is 2.64. The lowest BCUT2D eigenvalue weighted by molar-refractivity contribution is -0.122. The van der Waals surface area contributed by atoms with Crippen molar-refractivity contribution in [3.05, 3.63) is 28.3 Å². The van der Waals surface area contributed by atoms with Gasteiger partial charge in [0.05, 0.1) is 19.2 Å². The van der Waals surface area contributed by atoms with Crippen LogP contribution in [0.1, 0.15) is 44.9 Å². The topological polar surface area (TPSA) is 129 Å². The van der Waals surface area contributed by atoms with E-state index in [1.54, 1.807) is 13.0 Å². The summed E-state index contributed by atoms with van der Waals surface area (Å²) in [4.78, 5) is 34.1. The van der Waals surface area contributed by atoms with Gasteiger partial charge in [-0.3, -0.25) is 9.79 Å². The molecule has 1 amide bonds. The Kier molecular flexibility index (Phi) is 9.20.